The molecule has 25 heavy (non-hydrogen) atoms. The number of carbonyl (C=O) groups excluding carboxylic acids is 1. The number of aryl methyl sites for hydroxylation is 1. The average Bonchev–Trinajstić information content (AvgIpc) is 3.40. The van der Waals surface area contributed by atoms with Gasteiger partial charge in [0, 0.05) is 18.0 Å². The van der Waals surface area contributed by atoms with Crippen LogP contribution in [0.15, 0.2) is 48.5 Å². The van der Waals surface area contributed by atoms with Gasteiger partial charge in [-0.3, -0.25) is 14.9 Å². The fourth-order valence-electron chi connectivity index (χ4n) is 2.86. The molecule has 1 saturated carbocycles. The molecule has 0 saturated heterocycles. The van der Waals surface area contributed by atoms with Crippen LogP contribution in [0.2, 0.25) is 0 Å². The highest BCUT2D eigenvalue weighted by atomic mass is 16.6. The number of carbonyl (C=O) groups is 1. The van der Waals surface area contributed by atoms with Crippen molar-refractivity contribution in [2.45, 2.75) is 25.2 Å². The summed E-state index contributed by atoms with van der Waals surface area (Å²) in [5.41, 5.74) is 1.95. The molecule has 3 rings (SSSR count). The Hall–Kier alpha value is -2.89. The molecule has 0 spiro atoms. The van der Waals surface area contributed by atoms with E-state index in [9.17, 15) is 14.9 Å². The van der Waals surface area contributed by atoms with Crippen molar-refractivity contribution >= 4 is 11.6 Å². The third kappa shape index (κ3) is 3.96. The number of hydrogen-bond acceptors (Lipinski definition) is 4. The summed E-state index contributed by atoms with van der Waals surface area (Å²) in [6.07, 6.45) is 2.09. The summed E-state index contributed by atoms with van der Waals surface area (Å²) in [6, 6.07) is 14.7. The molecule has 2 aromatic rings. The molecule has 1 fully saturated rings. The van der Waals surface area contributed by atoms with E-state index in [1.807, 2.05) is 25.1 Å². The Balaban J connectivity index is 1.56. The van der Waals surface area contributed by atoms with Crippen LogP contribution < -0.4 is 10.1 Å². The van der Waals surface area contributed by atoms with Gasteiger partial charge in [-0.15, -0.1) is 0 Å². The third-order valence-corrected chi connectivity index (χ3v) is 4.53. The van der Waals surface area contributed by atoms with E-state index in [0.717, 1.165) is 18.4 Å². The first-order chi connectivity index (χ1) is 12.0. The lowest BCUT2D eigenvalue weighted by atomic mass is 9.96. The summed E-state index contributed by atoms with van der Waals surface area (Å²) < 4.78 is 5.38. The van der Waals surface area contributed by atoms with Crippen LogP contribution >= 0.6 is 0 Å². The second-order valence-corrected chi connectivity index (χ2v) is 6.44. The summed E-state index contributed by atoms with van der Waals surface area (Å²) in [5, 5.41) is 13.9. The van der Waals surface area contributed by atoms with E-state index in [2.05, 4.69) is 17.4 Å². The van der Waals surface area contributed by atoms with Crippen molar-refractivity contribution < 1.29 is 14.5 Å². The molecule has 6 nitrogen and oxygen atoms in total. The van der Waals surface area contributed by atoms with Crippen molar-refractivity contribution in [2.24, 2.45) is 0 Å². The monoisotopic (exact) mass is 340 g/mol. The van der Waals surface area contributed by atoms with Gasteiger partial charge in [0.1, 0.15) is 0 Å². The zero-order valence-corrected chi connectivity index (χ0v) is 14.0. The van der Waals surface area contributed by atoms with Gasteiger partial charge >= 0.3 is 5.69 Å². The van der Waals surface area contributed by atoms with Crippen LogP contribution in [0.3, 0.4) is 0 Å². The maximum Gasteiger partial charge on any atom is 0.310 e. The first-order valence-electron chi connectivity index (χ1n) is 8.20. The Kier molecular flexibility index (Phi) is 4.70. The predicted octanol–water partition coefficient (Wildman–Crippen LogP) is 3.13. The number of nitrogens with zero attached hydrogens (tertiary/aromatic N) is 1. The highest BCUT2D eigenvalue weighted by molar-refractivity contribution is 5.78. The number of rotatable bonds is 7. The molecule has 0 radical (unpaired) electrons. The molecule has 1 aliphatic rings. The molecule has 1 N–H and O–H groups in total. The summed E-state index contributed by atoms with van der Waals surface area (Å²) in [4.78, 5) is 22.6. The lowest BCUT2D eigenvalue weighted by molar-refractivity contribution is -0.385. The molecule has 0 aliphatic heterocycles. The average molecular weight is 340 g/mol. The van der Waals surface area contributed by atoms with Gasteiger partial charge in [0.15, 0.2) is 12.4 Å². The van der Waals surface area contributed by atoms with Gasteiger partial charge < -0.3 is 10.1 Å². The number of benzene rings is 2. The van der Waals surface area contributed by atoms with Gasteiger partial charge in [0.05, 0.1) is 4.92 Å². The summed E-state index contributed by atoms with van der Waals surface area (Å²) >= 11 is 0. The molecule has 1 amide bonds. The molecule has 2 aromatic carbocycles. The third-order valence-electron chi connectivity index (χ3n) is 4.53. The Morgan fingerprint density at radius 1 is 1.24 bits per heavy atom. The Labute approximate surface area is 146 Å². The van der Waals surface area contributed by atoms with E-state index in [4.69, 9.17) is 4.74 Å². The zero-order chi connectivity index (χ0) is 17.9. The van der Waals surface area contributed by atoms with E-state index in [1.165, 1.54) is 11.6 Å². The number of nitro benzene ring substituents is 1. The number of ether oxygens (including phenoxy) is 1. The molecular weight excluding hydrogens is 320 g/mol. The highest BCUT2D eigenvalue weighted by Gasteiger charge is 2.44. The maximum atomic E-state index is 12.1. The number of nitro groups is 1. The minimum absolute atomic E-state index is 0.0201. The second-order valence-electron chi connectivity index (χ2n) is 6.44. The van der Waals surface area contributed by atoms with Crippen molar-refractivity contribution in [3.63, 3.8) is 0 Å². The molecule has 0 aromatic heterocycles. The number of amides is 1. The van der Waals surface area contributed by atoms with Crippen LogP contribution in [0.4, 0.5) is 5.69 Å². The van der Waals surface area contributed by atoms with E-state index in [1.54, 1.807) is 12.1 Å². The van der Waals surface area contributed by atoms with Gasteiger partial charge in [-0.2, -0.15) is 0 Å². The standard InChI is InChI=1S/C19H20N2O4/c1-14-7-8-16(21(23)24)17(11-14)25-12-18(22)20-13-19(9-10-19)15-5-3-2-4-6-15/h2-8,11H,9-10,12-13H2,1H3,(H,20,22). The lowest BCUT2D eigenvalue weighted by Gasteiger charge is -2.16. The molecular formula is C19H20N2O4. The SMILES string of the molecule is Cc1ccc([N+](=O)[O-])c(OCC(=O)NCC2(c3ccccc3)CC2)c1. The Morgan fingerprint density at radius 2 is 1.96 bits per heavy atom. The molecule has 6 heteroatoms. The largest absolute Gasteiger partial charge is 0.477 e. The quantitative estimate of drug-likeness (QED) is 0.620. The van der Waals surface area contributed by atoms with Gasteiger partial charge in [-0.05, 0) is 37.0 Å². The lowest BCUT2D eigenvalue weighted by Crippen LogP contribution is -2.35. The van der Waals surface area contributed by atoms with Crippen molar-refractivity contribution in [1.82, 2.24) is 5.32 Å². The van der Waals surface area contributed by atoms with Gasteiger partial charge in [0.2, 0.25) is 0 Å². The van der Waals surface area contributed by atoms with E-state index in [-0.39, 0.29) is 29.4 Å². The van der Waals surface area contributed by atoms with Crippen LogP contribution in [0.5, 0.6) is 5.75 Å². The smallest absolute Gasteiger partial charge is 0.310 e. The van der Waals surface area contributed by atoms with Crippen LogP contribution in [0.25, 0.3) is 0 Å². The minimum Gasteiger partial charge on any atom is -0.477 e. The van der Waals surface area contributed by atoms with Crippen LogP contribution in [-0.2, 0) is 10.2 Å². The molecule has 1 aliphatic carbocycles. The molecule has 0 bridgehead atoms. The molecule has 0 atom stereocenters. The second kappa shape index (κ2) is 6.93. The fourth-order valence-corrected chi connectivity index (χ4v) is 2.86. The predicted molar refractivity (Wildman–Crippen MR) is 93.7 cm³/mol. The number of nitrogens with one attached hydrogen (secondary N) is 1. The van der Waals surface area contributed by atoms with Gasteiger partial charge in [-0.1, -0.05) is 36.4 Å². The van der Waals surface area contributed by atoms with Crippen LogP contribution in [-0.4, -0.2) is 24.0 Å². The van der Waals surface area contributed by atoms with E-state index < -0.39 is 4.92 Å². The minimum atomic E-state index is -0.513. The first kappa shape index (κ1) is 17.0. The summed E-state index contributed by atoms with van der Waals surface area (Å²) in [5.74, 6) is -0.164. The van der Waals surface area contributed by atoms with Crippen LogP contribution in [0.1, 0.15) is 24.0 Å². The number of hydrogen-bond donors (Lipinski definition) is 1. The van der Waals surface area contributed by atoms with Crippen LogP contribution in [0, 0.1) is 17.0 Å². The Bertz CT molecular complexity index is 785. The summed E-state index contributed by atoms with van der Waals surface area (Å²) in [7, 11) is 0. The zero-order valence-electron chi connectivity index (χ0n) is 14.0. The molecule has 130 valence electrons. The van der Waals surface area contributed by atoms with Crippen molar-refractivity contribution in [3.05, 3.63) is 69.8 Å². The van der Waals surface area contributed by atoms with Crippen molar-refractivity contribution in [1.29, 1.82) is 0 Å². The van der Waals surface area contributed by atoms with Gasteiger partial charge in [-0.25, -0.2) is 0 Å². The highest BCUT2D eigenvalue weighted by Crippen LogP contribution is 2.47. The summed E-state index contributed by atoms with van der Waals surface area (Å²) in [6.45, 7) is 2.12. The topological polar surface area (TPSA) is 81.5 Å². The fraction of sp³-hybridized carbons (Fsp3) is 0.316. The van der Waals surface area contributed by atoms with Gasteiger partial charge in [0.25, 0.3) is 5.91 Å². The van der Waals surface area contributed by atoms with Crippen molar-refractivity contribution in [3.8, 4) is 5.75 Å². The van der Waals surface area contributed by atoms with E-state index in [0.29, 0.717) is 6.54 Å². The molecule has 0 heterocycles. The Morgan fingerprint density at radius 3 is 2.60 bits per heavy atom. The first-order valence-corrected chi connectivity index (χ1v) is 8.20. The normalized spacial score (nSPS) is 14.6. The van der Waals surface area contributed by atoms with E-state index >= 15 is 0 Å². The molecule has 0 unspecified atom stereocenters. The maximum absolute atomic E-state index is 12.1. The van der Waals surface area contributed by atoms with Crippen molar-refractivity contribution in [2.75, 3.05) is 13.2 Å².